The minimum absolute atomic E-state index is 0.143. The zero-order chi connectivity index (χ0) is 17.3. The Kier molecular flexibility index (Phi) is 4.35. The van der Waals surface area contributed by atoms with Crippen LogP contribution >= 0.6 is 12.2 Å². The summed E-state index contributed by atoms with van der Waals surface area (Å²) in [5.41, 5.74) is 1.12. The largest absolute Gasteiger partial charge is 0.490 e. The molecule has 0 saturated carbocycles. The number of aromatic nitrogens is 2. The first kappa shape index (κ1) is 16.2. The van der Waals surface area contributed by atoms with Crippen molar-refractivity contribution in [1.29, 1.82) is 0 Å². The number of carbonyl (C=O) groups excluding carboxylic acids is 1. The number of anilines is 1. The fourth-order valence-electron chi connectivity index (χ4n) is 2.82. The van der Waals surface area contributed by atoms with Crippen molar-refractivity contribution in [2.45, 2.75) is 12.3 Å². The number of ether oxygens (including phenoxy) is 1. The van der Waals surface area contributed by atoms with Gasteiger partial charge in [-0.2, -0.15) is 0 Å². The first-order valence-corrected chi connectivity index (χ1v) is 7.88. The van der Waals surface area contributed by atoms with Gasteiger partial charge in [0.05, 0.1) is 5.56 Å². The second-order valence-corrected chi connectivity index (χ2v) is 5.94. The van der Waals surface area contributed by atoms with Crippen molar-refractivity contribution in [2.75, 3.05) is 11.9 Å². The lowest BCUT2D eigenvalue weighted by Gasteiger charge is -2.26. The van der Waals surface area contributed by atoms with E-state index in [0.29, 0.717) is 23.7 Å². The van der Waals surface area contributed by atoms with Crippen LogP contribution in [-0.4, -0.2) is 22.1 Å². The van der Waals surface area contributed by atoms with E-state index in [1.54, 1.807) is 17.7 Å². The Morgan fingerprint density at radius 2 is 2.08 bits per heavy atom. The summed E-state index contributed by atoms with van der Waals surface area (Å²) < 4.78 is 7.34. The number of hydrogen-bond acceptors (Lipinski definition) is 4. The second kappa shape index (κ2) is 6.45. The number of carbonyl (C=O) groups is 1. The van der Waals surface area contributed by atoms with Crippen LogP contribution in [0.3, 0.4) is 0 Å². The number of nitrogens with one attached hydrogen (secondary N) is 2. The molecule has 1 aliphatic heterocycles. The lowest BCUT2D eigenvalue weighted by molar-refractivity contribution is -0.116. The van der Waals surface area contributed by atoms with E-state index >= 15 is 0 Å². The van der Waals surface area contributed by atoms with Gasteiger partial charge in [0.15, 0.2) is 4.77 Å². The van der Waals surface area contributed by atoms with Gasteiger partial charge in [0.1, 0.15) is 18.2 Å². The third kappa shape index (κ3) is 2.90. The highest BCUT2D eigenvalue weighted by molar-refractivity contribution is 7.71. The van der Waals surface area contributed by atoms with E-state index in [9.17, 15) is 9.59 Å². The molecule has 7 heteroatoms. The third-order valence-electron chi connectivity index (χ3n) is 4.01. The van der Waals surface area contributed by atoms with Crippen LogP contribution in [0.5, 0.6) is 5.75 Å². The molecule has 0 radical (unpaired) electrons. The van der Waals surface area contributed by atoms with Gasteiger partial charge in [-0.05, 0) is 29.9 Å². The zero-order valence-electron chi connectivity index (χ0n) is 13.2. The van der Waals surface area contributed by atoms with E-state index in [1.807, 2.05) is 24.3 Å². The molecule has 1 aromatic heterocycles. The van der Waals surface area contributed by atoms with E-state index in [1.165, 1.54) is 0 Å². The van der Waals surface area contributed by atoms with Gasteiger partial charge in [0.25, 0.3) is 5.56 Å². The van der Waals surface area contributed by atoms with Crippen molar-refractivity contribution >= 4 is 23.9 Å². The van der Waals surface area contributed by atoms with Crippen molar-refractivity contribution in [2.24, 2.45) is 7.05 Å². The molecule has 3 rings (SSSR count). The van der Waals surface area contributed by atoms with E-state index < -0.39 is 0 Å². The molecule has 0 aliphatic carbocycles. The monoisotopic (exact) mass is 343 g/mol. The van der Waals surface area contributed by atoms with Gasteiger partial charge in [-0.1, -0.05) is 24.8 Å². The molecule has 1 aliphatic rings. The molecular weight excluding hydrogens is 326 g/mol. The van der Waals surface area contributed by atoms with E-state index in [4.69, 9.17) is 17.0 Å². The molecular formula is C17H17N3O3S. The molecule has 1 unspecified atom stereocenters. The molecule has 0 bridgehead atoms. The van der Waals surface area contributed by atoms with Crippen LogP contribution in [0.25, 0.3) is 0 Å². The van der Waals surface area contributed by atoms with Crippen molar-refractivity contribution < 1.29 is 9.53 Å². The fraction of sp³-hybridized carbons (Fsp3) is 0.235. The molecule has 2 heterocycles. The van der Waals surface area contributed by atoms with Gasteiger partial charge < -0.3 is 14.6 Å². The topological polar surface area (TPSA) is 76.1 Å². The summed E-state index contributed by atoms with van der Waals surface area (Å²) in [6, 6.07) is 7.38. The minimum atomic E-state index is -0.326. The highest BCUT2D eigenvalue weighted by atomic mass is 32.1. The lowest BCUT2D eigenvalue weighted by Crippen LogP contribution is -2.33. The Morgan fingerprint density at radius 3 is 2.75 bits per heavy atom. The Labute approximate surface area is 143 Å². The number of hydrogen-bond donors (Lipinski definition) is 2. The van der Waals surface area contributed by atoms with Crippen molar-refractivity contribution in [3.8, 4) is 5.75 Å². The second-order valence-electron chi connectivity index (χ2n) is 5.55. The maximum absolute atomic E-state index is 12.4. The molecule has 1 amide bonds. The first-order valence-electron chi connectivity index (χ1n) is 7.48. The fourth-order valence-corrected chi connectivity index (χ4v) is 3.00. The summed E-state index contributed by atoms with van der Waals surface area (Å²) in [6.45, 7) is 4.03. The van der Waals surface area contributed by atoms with Gasteiger partial charge in [-0.25, -0.2) is 0 Å². The van der Waals surface area contributed by atoms with Crippen LogP contribution in [0.2, 0.25) is 0 Å². The molecule has 2 N–H and O–H groups in total. The number of benzene rings is 1. The summed E-state index contributed by atoms with van der Waals surface area (Å²) in [4.78, 5) is 27.2. The van der Waals surface area contributed by atoms with Crippen LogP contribution in [-0.2, 0) is 11.8 Å². The molecule has 0 saturated heterocycles. The Hall–Kier alpha value is -2.67. The highest BCUT2D eigenvalue weighted by Crippen LogP contribution is 2.34. The minimum Gasteiger partial charge on any atom is -0.490 e. The quantitative estimate of drug-likeness (QED) is 0.660. The van der Waals surface area contributed by atoms with Gasteiger partial charge in [0, 0.05) is 19.4 Å². The summed E-state index contributed by atoms with van der Waals surface area (Å²) >= 11 is 5.11. The summed E-state index contributed by atoms with van der Waals surface area (Å²) in [5, 5.41) is 2.75. The van der Waals surface area contributed by atoms with Crippen LogP contribution < -0.4 is 15.6 Å². The highest BCUT2D eigenvalue weighted by Gasteiger charge is 2.30. The van der Waals surface area contributed by atoms with E-state index in [-0.39, 0.29) is 28.6 Å². The SMILES string of the molecule is C=CCOc1ccc(C2CC(=O)Nc3c2c(=O)[nH]c(=S)n3C)cc1. The average Bonchev–Trinajstić information content (AvgIpc) is 2.57. The molecule has 0 spiro atoms. The summed E-state index contributed by atoms with van der Waals surface area (Å²) in [5.74, 6) is 0.694. The predicted octanol–water partition coefficient (Wildman–Crippen LogP) is 2.48. The maximum Gasteiger partial charge on any atom is 0.257 e. The maximum atomic E-state index is 12.4. The smallest absolute Gasteiger partial charge is 0.257 e. The van der Waals surface area contributed by atoms with Crippen LogP contribution in [0.15, 0.2) is 41.7 Å². The predicted molar refractivity (Wildman–Crippen MR) is 94.1 cm³/mol. The lowest BCUT2D eigenvalue weighted by atomic mass is 9.87. The Bertz CT molecular complexity index is 912. The van der Waals surface area contributed by atoms with Gasteiger partial charge in [-0.3, -0.25) is 14.6 Å². The van der Waals surface area contributed by atoms with Crippen molar-refractivity contribution in [1.82, 2.24) is 9.55 Å². The van der Waals surface area contributed by atoms with E-state index in [2.05, 4.69) is 16.9 Å². The van der Waals surface area contributed by atoms with Gasteiger partial charge >= 0.3 is 0 Å². The van der Waals surface area contributed by atoms with Gasteiger partial charge in [0.2, 0.25) is 5.91 Å². The molecule has 1 aromatic carbocycles. The number of amides is 1. The van der Waals surface area contributed by atoms with Gasteiger partial charge in [-0.15, -0.1) is 0 Å². The number of H-pyrrole nitrogens is 1. The third-order valence-corrected chi connectivity index (χ3v) is 4.38. The molecule has 124 valence electrons. The van der Waals surface area contributed by atoms with Crippen LogP contribution in [0.1, 0.15) is 23.5 Å². The first-order chi connectivity index (χ1) is 11.5. The Morgan fingerprint density at radius 1 is 1.38 bits per heavy atom. The molecule has 2 aromatic rings. The van der Waals surface area contributed by atoms with Crippen molar-refractivity contribution in [3.63, 3.8) is 0 Å². The summed E-state index contributed by atoms with van der Waals surface area (Å²) in [6.07, 6.45) is 1.88. The normalized spacial score (nSPS) is 16.2. The van der Waals surface area contributed by atoms with Crippen LogP contribution in [0.4, 0.5) is 5.82 Å². The van der Waals surface area contributed by atoms with E-state index in [0.717, 1.165) is 5.56 Å². The standard InChI is InChI=1S/C17H17N3O3S/c1-3-8-23-11-6-4-10(5-7-11)12-9-13(21)18-15-14(12)16(22)19-17(24)20(15)2/h3-7,12H,1,8-9H2,2H3,(H,18,21)(H,19,22,24). The molecule has 0 fully saturated rings. The summed E-state index contributed by atoms with van der Waals surface area (Å²) in [7, 11) is 1.71. The average molecular weight is 343 g/mol. The number of rotatable bonds is 4. The molecule has 1 atom stereocenters. The van der Waals surface area contributed by atoms with Crippen molar-refractivity contribution in [3.05, 3.63) is 63.2 Å². The number of fused-ring (bicyclic) bond motifs is 1. The zero-order valence-corrected chi connectivity index (χ0v) is 14.0. The molecule has 24 heavy (non-hydrogen) atoms. The molecule has 6 nitrogen and oxygen atoms in total. The van der Waals surface area contributed by atoms with Crippen LogP contribution in [0, 0.1) is 4.77 Å². The Balaban J connectivity index is 2.06. The number of nitrogens with zero attached hydrogens (tertiary/aromatic N) is 1. The number of aromatic amines is 1.